The number of carboxylic acid groups (broad SMARTS) is 1. The zero-order chi connectivity index (χ0) is 14.2. The molecule has 0 saturated carbocycles. The number of benzene rings is 1. The average Bonchev–Trinajstić information content (AvgIpc) is 2.76. The standard InChI is InChI=1S/C13H16O6/c1-6-8-4-7(5-9(14)15)19-11(8)13(18-3)12(17-2)10(6)16/h7,16H,4-5H2,1-3H3,(H,14,15). The van der Waals surface area contributed by atoms with Gasteiger partial charge in [-0.2, -0.15) is 0 Å². The van der Waals surface area contributed by atoms with Gasteiger partial charge in [0.15, 0.2) is 11.5 Å². The van der Waals surface area contributed by atoms with Crippen LogP contribution in [0.4, 0.5) is 0 Å². The second-order valence-corrected chi connectivity index (χ2v) is 4.39. The first-order valence-corrected chi connectivity index (χ1v) is 5.84. The summed E-state index contributed by atoms with van der Waals surface area (Å²) in [5.41, 5.74) is 1.39. The number of methoxy groups -OCH3 is 2. The number of fused-ring (bicyclic) bond motifs is 1. The first kappa shape index (κ1) is 13.3. The first-order valence-electron chi connectivity index (χ1n) is 5.84. The van der Waals surface area contributed by atoms with Crippen molar-refractivity contribution in [2.24, 2.45) is 0 Å². The van der Waals surface area contributed by atoms with Gasteiger partial charge in [0.05, 0.1) is 20.6 Å². The molecular formula is C13H16O6. The Balaban J connectivity index is 2.48. The van der Waals surface area contributed by atoms with E-state index in [9.17, 15) is 9.90 Å². The molecule has 6 heteroatoms. The molecule has 0 amide bonds. The lowest BCUT2D eigenvalue weighted by atomic mass is 10.0. The highest BCUT2D eigenvalue weighted by Gasteiger charge is 2.33. The summed E-state index contributed by atoms with van der Waals surface area (Å²) in [4.78, 5) is 10.8. The predicted molar refractivity (Wildman–Crippen MR) is 66.3 cm³/mol. The molecule has 1 heterocycles. The molecule has 1 aliphatic rings. The Morgan fingerprint density at radius 3 is 2.53 bits per heavy atom. The first-order chi connectivity index (χ1) is 8.99. The van der Waals surface area contributed by atoms with Crippen LogP contribution in [0.3, 0.4) is 0 Å². The third-order valence-corrected chi connectivity index (χ3v) is 3.24. The maximum Gasteiger partial charge on any atom is 0.307 e. The summed E-state index contributed by atoms with van der Waals surface area (Å²) >= 11 is 0. The maximum absolute atomic E-state index is 10.8. The molecule has 0 aromatic heterocycles. The topological polar surface area (TPSA) is 85.2 Å². The van der Waals surface area contributed by atoms with Crippen LogP contribution >= 0.6 is 0 Å². The number of aromatic hydroxyl groups is 1. The van der Waals surface area contributed by atoms with E-state index in [0.29, 0.717) is 23.5 Å². The molecular weight excluding hydrogens is 252 g/mol. The molecule has 0 bridgehead atoms. The largest absolute Gasteiger partial charge is 0.504 e. The van der Waals surface area contributed by atoms with Gasteiger partial charge in [-0.1, -0.05) is 0 Å². The van der Waals surface area contributed by atoms with Crippen LogP contribution in [-0.2, 0) is 11.2 Å². The molecule has 1 aromatic rings. The number of carboxylic acids is 1. The van der Waals surface area contributed by atoms with Crippen molar-refractivity contribution in [1.29, 1.82) is 0 Å². The number of rotatable bonds is 4. The lowest BCUT2D eigenvalue weighted by Crippen LogP contribution is -2.17. The Labute approximate surface area is 110 Å². The summed E-state index contributed by atoms with van der Waals surface area (Å²) in [5, 5.41) is 18.9. The Hall–Kier alpha value is -2.11. The summed E-state index contributed by atoms with van der Waals surface area (Å²) < 4.78 is 16.0. The fourth-order valence-corrected chi connectivity index (χ4v) is 2.32. The van der Waals surface area contributed by atoms with E-state index >= 15 is 0 Å². The summed E-state index contributed by atoms with van der Waals surface area (Å²) in [6.07, 6.45) is -0.117. The van der Waals surface area contributed by atoms with Gasteiger partial charge in [0.2, 0.25) is 11.5 Å². The van der Waals surface area contributed by atoms with Crippen LogP contribution in [0.15, 0.2) is 0 Å². The number of carbonyl (C=O) groups is 1. The van der Waals surface area contributed by atoms with Crippen molar-refractivity contribution in [2.75, 3.05) is 14.2 Å². The van der Waals surface area contributed by atoms with Crippen LogP contribution in [0.1, 0.15) is 17.5 Å². The minimum Gasteiger partial charge on any atom is -0.504 e. The number of hydrogen-bond acceptors (Lipinski definition) is 5. The predicted octanol–water partition coefficient (Wildman–Crippen LogP) is 1.50. The quantitative estimate of drug-likeness (QED) is 0.860. The lowest BCUT2D eigenvalue weighted by molar-refractivity contribution is -0.138. The highest BCUT2D eigenvalue weighted by atomic mass is 16.5. The van der Waals surface area contributed by atoms with Crippen LogP contribution in [0.2, 0.25) is 0 Å². The molecule has 6 nitrogen and oxygen atoms in total. The second-order valence-electron chi connectivity index (χ2n) is 4.39. The summed E-state index contributed by atoms with van der Waals surface area (Å²) in [6.45, 7) is 1.74. The van der Waals surface area contributed by atoms with E-state index < -0.39 is 12.1 Å². The molecule has 19 heavy (non-hydrogen) atoms. The molecule has 1 unspecified atom stereocenters. The van der Waals surface area contributed by atoms with Crippen LogP contribution in [-0.4, -0.2) is 36.5 Å². The van der Waals surface area contributed by atoms with Crippen LogP contribution < -0.4 is 14.2 Å². The summed E-state index contributed by atoms with van der Waals surface area (Å²) in [5.74, 6) is 0.0346. The number of phenolic OH excluding ortho intramolecular Hbond substituents is 1. The maximum atomic E-state index is 10.8. The van der Waals surface area contributed by atoms with E-state index in [2.05, 4.69) is 0 Å². The number of ether oxygens (including phenoxy) is 3. The van der Waals surface area contributed by atoms with Crippen molar-refractivity contribution < 1.29 is 29.2 Å². The van der Waals surface area contributed by atoms with E-state index in [4.69, 9.17) is 19.3 Å². The fourth-order valence-electron chi connectivity index (χ4n) is 2.32. The van der Waals surface area contributed by atoms with Crippen molar-refractivity contribution in [3.8, 4) is 23.0 Å². The molecule has 104 valence electrons. The Morgan fingerprint density at radius 2 is 2.00 bits per heavy atom. The number of hydrogen-bond donors (Lipinski definition) is 2. The molecule has 0 radical (unpaired) electrons. The van der Waals surface area contributed by atoms with Gasteiger partial charge in [0.1, 0.15) is 6.10 Å². The summed E-state index contributed by atoms with van der Waals surface area (Å²) in [6, 6.07) is 0. The van der Waals surface area contributed by atoms with Gasteiger partial charge < -0.3 is 24.4 Å². The molecule has 1 aliphatic heterocycles. The van der Waals surface area contributed by atoms with Crippen LogP contribution in [0, 0.1) is 6.92 Å². The number of phenols is 1. The fraction of sp³-hybridized carbons (Fsp3) is 0.462. The zero-order valence-corrected chi connectivity index (χ0v) is 11.0. The van der Waals surface area contributed by atoms with Gasteiger partial charge in [-0.15, -0.1) is 0 Å². The summed E-state index contributed by atoms with van der Waals surface area (Å²) in [7, 11) is 2.87. The molecule has 2 rings (SSSR count). The van der Waals surface area contributed by atoms with Crippen molar-refractivity contribution in [1.82, 2.24) is 0 Å². The van der Waals surface area contributed by atoms with Gasteiger partial charge in [-0.05, 0) is 6.92 Å². The van der Waals surface area contributed by atoms with Gasteiger partial charge in [-0.25, -0.2) is 0 Å². The molecule has 1 atom stereocenters. The van der Waals surface area contributed by atoms with Crippen molar-refractivity contribution in [3.05, 3.63) is 11.1 Å². The van der Waals surface area contributed by atoms with Gasteiger partial charge in [0.25, 0.3) is 0 Å². The minimum absolute atomic E-state index is 0.00215. The smallest absolute Gasteiger partial charge is 0.307 e. The van der Waals surface area contributed by atoms with E-state index in [1.807, 2.05) is 0 Å². The molecule has 0 fully saturated rings. The van der Waals surface area contributed by atoms with Crippen molar-refractivity contribution in [3.63, 3.8) is 0 Å². The third-order valence-electron chi connectivity index (χ3n) is 3.24. The van der Waals surface area contributed by atoms with Crippen LogP contribution in [0.5, 0.6) is 23.0 Å². The average molecular weight is 268 g/mol. The lowest BCUT2D eigenvalue weighted by Gasteiger charge is -2.15. The van der Waals surface area contributed by atoms with Gasteiger partial charge in [-0.3, -0.25) is 4.79 Å². The highest BCUT2D eigenvalue weighted by molar-refractivity contribution is 5.70. The van der Waals surface area contributed by atoms with Crippen LogP contribution in [0.25, 0.3) is 0 Å². The Morgan fingerprint density at radius 1 is 1.37 bits per heavy atom. The SMILES string of the molecule is COc1c(O)c(C)c2c(c1OC)OC(CC(=O)O)C2. The van der Waals surface area contributed by atoms with E-state index in [0.717, 1.165) is 5.56 Å². The highest BCUT2D eigenvalue weighted by Crippen LogP contribution is 2.51. The third kappa shape index (κ3) is 2.14. The van der Waals surface area contributed by atoms with E-state index in [1.165, 1.54) is 14.2 Å². The minimum atomic E-state index is -0.925. The van der Waals surface area contributed by atoms with Gasteiger partial charge >= 0.3 is 5.97 Å². The monoisotopic (exact) mass is 268 g/mol. The Kier molecular flexibility index (Phi) is 3.42. The van der Waals surface area contributed by atoms with E-state index in [1.54, 1.807) is 6.92 Å². The van der Waals surface area contributed by atoms with Gasteiger partial charge in [0, 0.05) is 17.5 Å². The second kappa shape index (κ2) is 4.87. The Bertz CT molecular complexity index is 523. The molecule has 1 aromatic carbocycles. The normalized spacial score (nSPS) is 16.7. The van der Waals surface area contributed by atoms with E-state index in [-0.39, 0.29) is 17.9 Å². The number of aliphatic carboxylic acids is 1. The molecule has 0 saturated heterocycles. The van der Waals surface area contributed by atoms with Crippen molar-refractivity contribution in [2.45, 2.75) is 25.9 Å². The molecule has 0 spiro atoms. The molecule has 2 N–H and O–H groups in total. The zero-order valence-electron chi connectivity index (χ0n) is 11.0. The molecule has 0 aliphatic carbocycles. The van der Waals surface area contributed by atoms with Crippen molar-refractivity contribution >= 4 is 5.97 Å².